The molecule has 4 rings (SSSR count). The van der Waals surface area contributed by atoms with Gasteiger partial charge >= 0.3 is 0 Å². The van der Waals surface area contributed by atoms with Gasteiger partial charge in [-0.05, 0) is 31.4 Å². The van der Waals surface area contributed by atoms with Crippen molar-refractivity contribution in [3.8, 4) is 11.3 Å². The summed E-state index contributed by atoms with van der Waals surface area (Å²) < 4.78 is 0. The molecule has 1 aliphatic heterocycles. The molecule has 27 heavy (non-hydrogen) atoms. The molecule has 0 unspecified atom stereocenters. The number of thioether (sulfide) groups is 1. The number of aryl methyl sites for hydroxylation is 1. The van der Waals surface area contributed by atoms with E-state index in [0.29, 0.717) is 0 Å². The van der Waals surface area contributed by atoms with Crippen LogP contribution in [0.15, 0.2) is 48.0 Å². The van der Waals surface area contributed by atoms with Gasteiger partial charge in [-0.1, -0.05) is 11.8 Å². The maximum absolute atomic E-state index is 4.75. The summed E-state index contributed by atoms with van der Waals surface area (Å²) in [6.45, 7) is 5.49. The first-order valence-electron chi connectivity index (χ1n) is 8.86. The fourth-order valence-corrected chi connectivity index (χ4v) is 3.52. The Morgan fingerprint density at radius 2 is 1.63 bits per heavy atom. The first kappa shape index (κ1) is 17.7. The number of rotatable bonds is 4. The van der Waals surface area contributed by atoms with E-state index in [0.717, 1.165) is 60.1 Å². The van der Waals surface area contributed by atoms with Gasteiger partial charge in [-0.2, -0.15) is 0 Å². The van der Waals surface area contributed by atoms with E-state index in [1.807, 2.05) is 37.6 Å². The maximum atomic E-state index is 4.75. The smallest absolute Gasteiger partial charge is 0.225 e. The molecule has 0 spiro atoms. The molecule has 0 atom stereocenters. The highest BCUT2D eigenvalue weighted by atomic mass is 32.2. The lowest BCUT2D eigenvalue weighted by Gasteiger charge is -2.35. The number of hydrogen-bond donors (Lipinski definition) is 0. The van der Waals surface area contributed by atoms with Gasteiger partial charge in [0.05, 0.1) is 5.69 Å². The first-order chi connectivity index (χ1) is 13.2. The molecule has 0 N–H and O–H groups in total. The predicted molar refractivity (Wildman–Crippen MR) is 108 cm³/mol. The van der Waals surface area contributed by atoms with Crippen LogP contribution in [0.4, 0.5) is 11.8 Å². The summed E-state index contributed by atoms with van der Waals surface area (Å²) in [7, 11) is 0. The van der Waals surface area contributed by atoms with Crippen LogP contribution in [-0.2, 0) is 0 Å². The Balaban J connectivity index is 1.48. The Morgan fingerprint density at radius 3 is 2.37 bits per heavy atom. The van der Waals surface area contributed by atoms with Crippen LogP contribution in [0.1, 0.15) is 5.69 Å². The minimum Gasteiger partial charge on any atom is -0.353 e. The first-order valence-corrected chi connectivity index (χ1v) is 10.1. The molecule has 1 saturated heterocycles. The zero-order valence-electron chi connectivity index (χ0n) is 15.4. The predicted octanol–water partition coefficient (Wildman–Crippen LogP) is 2.69. The van der Waals surface area contributed by atoms with Gasteiger partial charge in [0.15, 0.2) is 5.16 Å². The molecular weight excluding hydrogens is 358 g/mol. The lowest BCUT2D eigenvalue weighted by Crippen LogP contribution is -2.47. The molecule has 1 aliphatic rings. The van der Waals surface area contributed by atoms with E-state index in [9.17, 15) is 0 Å². The van der Waals surface area contributed by atoms with Gasteiger partial charge in [-0.15, -0.1) is 0 Å². The third-order valence-electron chi connectivity index (χ3n) is 4.51. The summed E-state index contributed by atoms with van der Waals surface area (Å²) in [4.78, 5) is 26.9. The van der Waals surface area contributed by atoms with Crippen molar-refractivity contribution in [2.24, 2.45) is 0 Å². The zero-order valence-corrected chi connectivity index (χ0v) is 16.2. The van der Waals surface area contributed by atoms with E-state index in [2.05, 4.69) is 35.8 Å². The summed E-state index contributed by atoms with van der Waals surface area (Å²) in [6.07, 6.45) is 7.39. The highest BCUT2D eigenvalue weighted by molar-refractivity contribution is 7.98. The second-order valence-corrected chi connectivity index (χ2v) is 7.08. The van der Waals surface area contributed by atoms with Crippen molar-refractivity contribution in [1.82, 2.24) is 24.9 Å². The molecule has 1 fully saturated rings. The molecule has 0 aromatic carbocycles. The second kappa shape index (κ2) is 7.87. The van der Waals surface area contributed by atoms with E-state index < -0.39 is 0 Å². The average molecular weight is 379 g/mol. The Labute approximate surface area is 162 Å². The minimum atomic E-state index is 0.771. The Morgan fingerprint density at radius 1 is 0.889 bits per heavy atom. The van der Waals surface area contributed by atoms with Crippen molar-refractivity contribution >= 4 is 23.5 Å². The van der Waals surface area contributed by atoms with Crippen LogP contribution in [0, 0.1) is 6.92 Å². The number of piperazine rings is 1. The molecule has 0 aliphatic carbocycles. The van der Waals surface area contributed by atoms with Gasteiger partial charge in [0.2, 0.25) is 5.95 Å². The van der Waals surface area contributed by atoms with Crippen LogP contribution in [0.2, 0.25) is 0 Å². The molecule has 138 valence electrons. The fraction of sp³-hybridized carbons (Fsp3) is 0.316. The lowest BCUT2D eigenvalue weighted by atomic mass is 10.2. The maximum Gasteiger partial charge on any atom is 0.225 e. The van der Waals surface area contributed by atoms with Crippen molar-refractivity contribution in [3.63, 3.8) is 0 Å². The van der Waals surface area contributed by atoms with Crippen LogP contribution in [0.3, 0.4) is 0 Å². The molecule has 0 bridgehead atoms. The summed E-state index contributed by atoms with van der Waals surface area (Å²) >= 11 is 1.57. The largest absolute Gasteiger partial charge is 0.353 e. The fourth-order valence-electron chi connectivity index (χ4n) is 3.10. The molecule has 0 saturated carbocycles. The highest BCUT2D eigenvalue weighted by Gasteiger charge is 2.21. The zero-order chi connectivity index (χ0) is 18.6. The monoisotopic (exact) mass is 379 g/mol. The molecule has 4 heterocycles. The Bertz CT molecular complexity index is 911. The van der Waals surface area contributed by atoms with Gasteiger partial charge in [0.1, 0.15) is 5.82 Å². The SMILES string of the molecule is CSc1nc(C)cc(N2CCN(c3nccc(-c4ccncc4)n3)CC2)n1. The molecule has 3 aromatic rings. The standard InChI is InChI=1S/C19H21N7S/c1-14-13-17(24-19(22-14)27-2)25-9-11-26(12-10-25)18-21-8-5-16(23-18)15-3-6-20-7-4-15/h3-8,13H,9-12H2,1-2H3. The van der Waals surface area contributed by atoms with E-state index in [1.165, 1.54) is 0 Å². The van der Waals surface area contributed by atoms with Crippen LogP contribution in [0.25, 0.3) is 11.3 Å². The number of nitrogens with zero attached hydrogens (tertiary/aromatic N) is 7. The van der Waals surface area contributed by atoms with Crippen LogP contribution >= 0.6 is 11.8 Å². The van der Waals surface area contributed by atoms with Crippen molar-refractivity contribution in [2.45, 2.75) is 12.1 Å². The van der Waals surface area contributed by atoms with Gasteiger partial charge in [0, 0.05) is 62.1 Å². The molecule has 0 amide bonds. The molecular formula is C19H21N7S. The lowest BCUT2D eigenvalue weighted by molar-refractivity contribution is 0.630. The van der Waals surface area contributed by atoms with Crippen LogP contribution < -0.4 is 9.80 Å². The van der Waals surface area contributed by atoms with E-state index >= 15 is 0 Å². The van der Waals surface area contributed by atoms with Crippen molar-refractivity contribution in [3.05, 3.63) is 48.5 Å². The highest BCUT2D eigenvalue weighted by Crippen LogP contribution is 2.22. The Kier molecular flexibility index (Phi) is 5.15. The number of pyridine rings is 1. The number of hydrogen-bond acceptors (Lipinski definition) is 8. The molecule has 7 nitrogen and oxygen atoms in total. The quantitative estimate of drug-likeness (QED) is 0.506. The number of anilines is 2. The van der Waals surface area contributed by atoms with Crippen molar-refractivity contribution in [1.29, 1.82) is 0 Å². The summed E-state index contributed by atoms with van der Waals surface area (Å²) in [5, 5.41) is 0.820. The molecule has 3 aromatic heterocycles. The van der Waals surface area contributed by atoms with Crippen molar-refractivity contribution in [2.75, 3.05) is 42.2 Å². The van der Waals surface area contributed by atoms with Crippen LogP contribution in [-0.4, -0.2) is 57.4 Å². The van der Waals surface area contributed by atoms with E-state index in [-0.39, 0.29) is 0 Å². The second-order valence-electron chi connectivity index (χ2n) is 6.31. The van der Waals surface area contributed by atoms with E-state index in [4.69, 9.17) is 4.98 Å². The molecule has 8 heteroatoms. The van der Waals surface area contributed by atoms with E-state index in [1.54, 1.807) is 24.2 Å². The van der Waals surface area contributed by atoms with Gasteiger partial charge in [-0.25, -0.2) is 19.9 Å². The summed E-state index contributed by atoms with van der Waals surface area (Å²) in [5.74, 6) is 1.77. The number of aromatic nitrogens is 5. The minimum absolute atomic E-state index is 0.771. The summed E-state index contributed by atoms with van der Waals surface area (Å²) in [5.41, 5.74) is 2.97. The Hall–Kier alpha value is -2.74. The van der Waals surface area contributed by atoms with Crippen molar-refractivity contribution < 1.29 is 0 Å². The van der Waals surface area contributed by atoms with Crippen LogP contribution in [0.5, 0.6) is 0 Å². The third-order valence-corrected chi connectivity index (χ3v) is 5.06. The third kappa shape index (κ3) is 4.00. The average Bonchev–Trinajstić information content (AvgIpc) is 2.74. The normalized spacial score (nSPS) is 14.4. The molecule has 0 radical (unpaired) electrons. The topological polar surface area (TPSA) is 70.9 Å². The van der Waals surface area contributed by atoms with Gasteiger partial charge in [-0.3, -0.25) is 4.98 Å². The summed E-state index contributed by atoms with van der Waals surface area (Å²) in [6, 6.07) is 7.91. The van der Waals surface area contributed by atoms with Gasteiger partial charge in [0.25, 0.3) is 0 Å². The van der Waals surface area contributed by atoms with Gasteiger partial charge < -0.3 is 9.80 Å².